The van der Waals surface area contributed by atoms with Crippen LogP contribution in [0.4, 0.5) is 0 Å². The first-order chi connectivity index (χ1) is 12.6. The fourth-order valence-corrected chi connectivity index (χ4v) is 4.72. The molecule has 0 spiro atoms. The van der Waals surface area contributed by atoms with E-state index in [0.717, 1.165) is 25.2 Å². The van der Waals surface area contributed by atoms with E-state index in [1.165, 1.54) is 12.0 Å². The second-order valence-electron chi connectivity index (χ2n) is 7.88. The Hall–Kier alpha value is -2.25. The van der Waals surface area contributed by atoms with Gasteiger partial charge in [0.25, 0.3) is 5.91 Å². The minimum atomic E-state index is -0.545. The normalized spacial score (nSPS) is 30.8. The van der Waals surface area contributed by atoms with Gasteiger partial charge in [-0.1, -0.05) is 12.1 Å². The second-order valence-corrected chi connectivity index (χ2v) is 7.88. The number of fused-ring (bicyclic) bond motifs is 3. The Labute approximate surface area is 151 Å². The Balaban J connectivity index is 1.31. The monoisotopic (exact) mass is 354 g/mol. The predicted octanol–water partition coefficient (Wildman–Crippen LogP) is -0.00630. The zero-order valence-corrected chi connectivity index (χ0v) is 14.5. The number of hydrogen-bond acceptors (Lipinski definition) is 5. The lowest BCUT2D eigenvalue weighted by molar-refractivity contribution is -0.136. The lowest BCUT2D eigenvalue weighted by Gasteiger charge is -2.48. The minimum Gasteiger partial charge on any atom is -0.322 e. The van der Waals surface area contributed by atoms with Gasteiger partial charge in [-0.15, -0.1) is 0 Å². The number of imide groups is 1. The van der Waals surface area contributed by atoms with E-state index in [1.54, 1.807) is 4.90 Å². The van der Waals surface area contributed by atoms with Crippen molar-refractivity contribution >= 4 is 17.7 Å². The van der Waals surface area contributed by atoms with Crippen molar-refractivity contribution in [1.82, 2.24) is 20.4 Å². The molecule has 26 heavy (non-hydrogen) atoms. The zero-order chi connectivity index (χ0) is 17.8. The summed E-state index contributed by atoms with van der Waals surface area (Å²) in [6.07, 6.45) is 1.98. The van der Waals surface area contributed by atoms with E-state index in [2.05, 4.69) is 21.6 Å². The van der Waals surface area contributed by atoms with Crippen molar-refractivity contribution in [1.29, 1.82) is 0 Å². The van der Waals surface area contributed by atoms with Crippen LogP contribution in [0.15, 0.2) is 18.2 Å². The number of carbonyl (C=O) groups is 3. The predicted molar refractivity (Wildman–Crippen MR) is 93.1 cm³/mol. The summed E-state index contributed by atoms with van der Waals surface area (Å²) in [7, 11) is 0. The third-order valence-corrected chi connectivity index (χ3v) is 5.99. The van der Waals surface area contributed by atoms with E-state index < -0.39 is 6.04 Å². The summed E-state index contributed by atoms with van der Waals surface area (Å²) in [6, 6.07) is 6.74. The highest BCUT2D eigenvalue weighted by Crippen LogP contribution is 2.29. The van der Waals surface area contributed by atoms with Gasteiger partial charge in [-0.3, -0.25) is 24.6 Å². The fraction of sp³-hybridized carbons (Fsp3) is 0.526. The Morgan fingerprint density at radius 2 is 1.88 bits per heavy atom. The largest absolute Gasteiger partial charge is 0.322 e. The molecule has 0 aliphatic carbocycles. The Morgan fingerprint density at radius 3 is 2.62 bits per heavy atom. The number of piperazine rings is 1. The minimum absolute atomic E-state index is 0.107. The van der Waals surface area contributed by atoms with Crippen molar-refractivity contribution in [2.24, 2.45) is 0 Å². The van der Waals surface area contributed by atoms with E-state index in [0.29, 0.717) is 30.6 Å². The average Bonchev–Trinajstić information content (AvgIpc) is 2.90. The van der Waals surface area contributed by atoms with Crippen molar-refractivity contribution in [2.45, 2.75) is 50.5 Å². The van der Waals surface area contributed by atoms with Crippen LogP contribution in [-0.2, 0) is 22.7 Å². The number of rotatable bonds is 3. The Bertz CT molecular complexity index is 792. The number of amides is 3. The molecule has 0 saturated carbocycles. The molecule has 0 radical (unpaired) electrons. The molecule has 4 fully saturated rings. The molecule has 5 aliphatic rings. The van der Waals surface area contributed by atoms with Gasteiger partial charge >= 0.3 is 0 Å². The maximum atomic E-state index is 12.7. The van der Waals surface area contributed by atoms with Crippen LogP contribution in [-0.4, -0.2) is 58.7 Å². The molecule has 3 atom stereocenters. The molecule has 1 aromatic rings. The van der Waals surface area contributed by atoms with Crippen LogP contribution in [0.1, 0.15) is 40.7 Å². The van der Waals surface area contributed by atoms with Crippen molar-refractivity contribution in [3.63, 3.8) is 0 Å². The van der Waals surface area contributed by atoms with E-state index in [1.807, 2.05) is 12.1 Å². The summed E-state index contributed by atoms with van der Waals surface area (Å²) in [5.74, 6) is -0.723. The molecule has 6 rings (SSSR count). The first-order valence-corrected chi connectivity index (χ1v) is 9.32. The molecule has 2 N–H and O–H groups in total. The van der Waals surface area contributed by atoms with Crippen molar-refractivity contribution in [3.8, 4) is 0 Å². The molecule has 7 nitrogen and oxygen atoms in total. The van der Waals surface area contributed by atoms with Gasteiger partial charge < -0.3 is 10.2 Å². The molecule has 5 heterocycles. The zero-order valence-electron chi connectivity index (χ0n) is 14.5. The summed E-state index contributed by atoms with van der Waals surface area (Å²) >= 11 is 0. The fourth-order valence-electron chi connectivity index (χ4n) is 4.72. The van der Waals surface area contributed by atoms with E-state index >= 15 is 0 Å². The summed E-state index contributed by atoms with van der Waals surface area (Å²) in [5, 5.41) is 5.88. The quantitative estimate of drug-likeness (QED) is 0.747. The lowest BCUT2D eigenvalue weighted by atomic mass is 9.91. The number of piperidine rings is 2. The van der Waals surface area contributed by atoms with Gasteiger partial charge in [0.15, 0.2) is 0 Å². The standard InChI is InChI=1S/C19H22N4O3/c24-17-4-3-16(18(25)21-17)23-8-12-5-11(1-2-15(12)19(23)26)7-22-9-13-6-14(10-22)20-13/h1-2,5,13-14,16,20H,3-4,6-10H2,(H,21,24,25)/t13-,14+,16?. The van der Waals surface area contributed by atoms with Crippen molar-refractivity contribution in [2.75, 3.05) is 13.1 Å². The summed E-state index contributed by atoms with van der Waals surface area (Å²) in [4.78, 5) is 40.3. The van der Waals surface area contributed by atoms with Crippen LogP contribution in [0.3, 0.4) is 0 Å². The molecule has 1 unspecified atom stereocenters. The number of hydrogen-bond donors (Lipinski definition) is 2. The van der Waals surface area contributed by atoms with Crippen LogP contribution in [0, 0.1) is 0 Å². The third-order valence-electron chi connectivity index (χ3n) is 5.99. The van der Waals surface area contributed by atoms with E-state index in [-0.39, 0.29) is 24.1 Å². The average molecular weight is 354 g/mol. The van der Waals surface area contributed by atoms with Gasteiger partial charge in [0.1, 0.15) is 6.04 Å². The molecule has 4 saturated heterocycles. The molecule has 5 aliphatic heterocycles. The highest BCUT2D eigenvalue weighted by molar-refractivity contribution is 6.05. The summed E-state index contributed by atoms with van der Waals surface area (Å²) < 4.78 is 0. The van der Waals surface area contributed by atoms with Crippen molar-refractivity contribution in [3.05, 3.63) is 34.9 Å². The van der Waals surface area contributed by atoms with Gasteiger partial charge in [-0.2, -0.15) is 0 Å². The summed E-state index contributed by atoms with van der Waals surface area (Å²) in [6.45, 7) is 3.50. The first-order valence-electron chi connectivity index (χ1n) is 9.32. The molecule has 1 aromatic carbocycles. The summed E-state index contributed by atoms with van der Waals surface area (Å²) in [5.41, 5.74) is 2.88. The van der Waals surface area contributed by atoms with Gasteiger partial charge in [0.2, 0.25) is 11.8 Å². The maximum Gasteiger partial charge on any atom is 0.255 e. The number of nitrogens with one attached hydrogen (secondary N) is 2. The van der Waals surface area contributed by atoms with Gasteiger partial charge in [0, 0.05) is 50.2 Å². The lowest BCUT2D eigenvalue weighted by Crippen LogP contribution is -2.66. The van der Waals surface area contributed by atoms with E-state index in [9.17, 15) is 14.4 Å². The number of carbonyl (C=O) groups excluding carboxylic acids is 3. The van der Waals surface area contributed by atoms with Gasteiger partial charge in [0.05, 0.1) is 0 Å². The molecular formula is C19H22N4O3. The number of nitrogens with zero attached hydrogens (tertiary/aromatic N) is 2. The molecule has 3 amide bonds. The smallest absolute Gasteiger partial charge is 0.255 e. The maximum absolute atomic E-state index is 12.7. The van der Waals surface area contributed by atoms with Gasteiger partial charge in [-0.25, -0.2) is 0 Å². The Morgan fingerprint density at radius 1 is 1.12 bits per heavy atom. The number of benzene rings is 1. The first kappa shape index (κ1) is 16.0. The Kier molecular flexibility index (Phi) is 3.62. The third kappa shape index (κ3) is 2.62. The van der Waals surface area contributed by atoms with Crippen LogP contribution < -0.4 is 10.6 Å². The second kappa shape index (κ2) is 5.89. The van der Waals surface area contributed by atoms with Crippen LogP contribution in [0.2, 0.25) is 0 Å². The van der Waals surface area contributed by atoms with E-state index in [4.69, 9.17) is 0 Å². The molecule has 136 valence electrons. The topological polar surface area (TPSA) is 81.8 Å². The molecular weight excluding hydrogens is 332 g/mol. The molecule has 7 heteroatoms. The SMILES string of the molecule is O=C1CCC(N2Cc3cc(CN4C[C@H]5C[C@@H](C4)N5)ccc3C2=O)C(=O)N1. The van der Waals surface area contributed by atoms with Crippen molar-refractivity contribution < 1.29 is 14.4 Å². The molecule has 2 bridgehead atoms. The van der Waals surface area contributed by atoms with Crippen LogP contribution in [0.25, 0.3) is 0 Å². The highest BCUT2D eigenvalue weighted by atomic mass is 16.2. The molecule has 0 aromatic heterocycles. The van der Waals surface area contributed by atoms with Crippen LogP contribution >= 0.6 is 0 Å². The highest BCUT2D eigenvalue weighted by Gasteiger charge is 2.39. The van der Waals surface area contributed by atoms with Gasteiger partial charge in [-0.05, 0) is 30.0 Å². The van der Waals surface area contributed by atoms with Crippen LogP contribution in [0.5, 0.6) is 0 Å².